The van der Waals surface area contributed by atoms with E-state index in [0.717, 1.165) is 25.2 Å². The van der Waals surface area contributed by atoms with Crippen LogP contribution >= 0.6 is 0 Å². The minimum absolute atomic E-state index is 0.0658. The molecule has 3 heteroatoms. The van der Waals surface area contributed by atoms with Gasteiger partial charge < -0.3 is 10.3 Å². The van der Waals surface area contributed by atoms with Crippen LogP contribution in [0.5, 0.6) is 0 Å². The van der Waals surface area contributed by atoms with Crippen molar-refractivity contribution in [2.45, 2.75) is 52.1 Å². The molecule has 0 amide bonds. The topological polar surface area (TPSA) is 43.8 Å². The Labute approximate surface area is 128 Å². The summed E-state index contributed by atoms with van der Waals surface area (Å²) in [6, 6.07) is 10.5. The fraction of sp³-hybridized carbons (Fsp3) is 0.500. The summed E-state index contributed by atoms with van der Waals surface area (Å²) in [6.45, 7) is 7.67. The Kier molecular flexibility index (Phi) is 5.57. The second-order valence-electron chi connectivity index (χ2n) is 5.83. The van der Waals surface area contributed by atoms with Crippen LogP contribution in [-0.2, 0) is 6.54 Å². The molecule has 2 N–H and O–H groups in total. The van der Waals surface area contributed by atoms with Gasteiger partial charge in [-0.25, -0.2) is 4.98 Å². The van der Waals surface area contributed by atoms with Crippen LogP contribution in [0.1, 0.15) is 57.0 Å². The summed E-state index contributed by atoms with van der Waals surface area (Å²) in [7, 11) is 0. The predicted molar refractivity (Wildman–Crippen MR) is 88.1 cm³/mol. The Morgan fingerprint density at radius 1 is 1.19 bits per heavy atom. The molecule has 0 aliphatic carbocycles. The summed E-state index contributed by atoms with van der Waals surface area (Å²) >= 11 is 0. The van der Waals surface area contributed by atoms with Crippen molar-refractivity contribution >= 4 is 0 Å². The van der Waals surface area contributed by atoms with E-state index in [1.807, 2.05) is 12.4 Å². The maximum Gasteiger partial charge on any atom is 0.126 e. The van der Waals surface area contributed by atoms with Crippen LogP contribution in [-0.4, -0.2) is 9.55 Å². The van der Waals surface area contributed by atoms with Gasteiger partial charge in [-0.2, -0.15) is 0 Å². The number of aryl methyl sites for hydroxylation is 1. The van der Waals surface area contributed by atoms with Gasteiger partial charge >= 0.3 is 0 Å². The summed E-state index contributed by atoms with van der Waals surface area (Å²) in [5, 5.41) is 0. The Hall–Kier alpha value is -1.61. The fourth-order valence-corrected chi connectivity index (χ4v) is 3.03. The molecule has 1 heterocycles. The quantitative estimate of drug-likeness (QED) is 0.831. The Morgan fingerprint density at radius 3 is 2.52 bits per heavy atom. The number of hydrogen-bond donors (Lipinski definition) is 1. The normalized spacial score (nSPS) is 15.6. The lowest BCUT2D eigenvalue weighted by Crippen LogP contribution is -2.27. The SMILES string of the molecule is CCCn1ccnc1C(N)C(c1ccccc1)C(C)CC. The molecule has 3 unspecified atom stereocenters. The third-order valence-electron chi connectivity index (χ3n) is 4.34. The second kappa shape index (κ2) is 7.41. The van der Waals surface area contributed by atoms with E-state index >= 15 is 0 Å². The number of hydrogen-bond acceptors (Lipinski definition) is 2. The van der Waals surface area contributed by atoms with Crippen molar-refractivity contribution in [2.24, 2.45) is 11.7 Å². The van der Waals surface area contributed by atoms with Crippen molar-refractivity contribution in [1.82, 2.24) is 9.55 Å². The Morgan fingerprint density at radius 2 is 1.90 bits per heavy atom. The smallest absolute Gasteiger partial charge is 0.126 e. The van der Waals surface area contributed by atoms with Gasteiger partial charge in [0.25, 0.3) is 0 Å². The first-order chi connectivity index (χ1) is 10.2. The van der Waals surface area contributed by atoms with E-state index in [-0.39, 0.29) is 6.04 Å². The first-order valence-corrected chi connectivity index (χ1v) is 8.00. The first-order valence-electron chi connectivity index (χ1n) is 8.00. The highest BCUT2D eigenvalue weighted by molar-refractivity contribution is 5.24. The molecule has 0 radical (unpaired) electrons. The van der Waals surface area contributed by atoms with Crippen molar-refractivity contribution in [1.29, 1.82) is 0 Å². The summed E-state index contributed by atoms with van der Waals surface area (Å²) < 4.78 is 2.20. The van der Waals surface area contributed by atoms with Gasteiger partial charge in [0.15, 0.2) is 0 Å². The number of benzene rings is 1. The summed E-state index contributed by atoms with van der Waals surface area (Å²) in [4.78, 5) is 4.54. The molecular formula is C18H27N3. The third kappa shape index (κ3) is 3.53. The van der Waals surface area contributed by atoms with Gasteiger partial charge in [-0.05, 0) is 17.9 Å². The van der Waals surface area contributed by atoms with E-state index in [1.165, 1.54) is 5.56 Å². The highest BCUT2D eigenvalue weighted by atomic mass is 15.1. The predicted octanol–water partition coefficient (Wildman–Crippen LogP) is 4.12. The molecule has 1 aromatic carbocycles. The summed E-state index contributed by atoms with van der Waals surface area (Å²) in [6.07, 6.45) is 6.11. The van der Waals surface area contributed by atoms with Crippen LogP contribution in [0.25, 0.3) is 0 Å². The maximum atomic E-state index is 6.64. The van der Waals surface area contributed by atoms with E-state index < -0.39 is 0 Å². The average molecular weight is 285 g/mol. The van der Waals surface area contributed by atoms with Crippen LogP contribution in [0.4, 0.5) is 0 Å². The average Bonchev–Trinajstić information content (AvgIpc) is 2.97. The zero-order valence-electron chi connectivity index (χ0n) is 13.4. The largest absolute Gasteiger partial charge is 0.334 e. The number of rotatable bonds is 7. The van der Waals surface area contributed by atoms with Gasteiger partial charge in [0.2, 0.25) is 0 Å². The second-order valence-corrected chi connectivity index (χ2v) is 5.83. The minimum atomic E-state index is -0.0658. The van der Waals surface area contributed by atoms with Crippen LogP contribution in [0.15, 0.2) is 42.7 Å². The Bertz CT molecular complexity index is 532. The molecule has 0 saturated heterocycles. The van der Waals surface area contributed by atoms with E-state index in [9.17, 15) is 0 Å². The standard InChI is InChI=1S/C18H27N3/c1-4-12-21-13-11-20-18(21)17(19)16(14(3)5-2)15-9-7-6-8-10-15/h6-11,13-14,16-17H,4-5,12,19H2,1-3H3. The molecule has 0 aliphatic rings. The molecule has 0 spiro atoms. The van der Waals surface area contributed by atoms with Crippen LogP contribution in [0.3, 0.4) is 0 Å². The summed E-state index contributed by atoms with van der Waals surface area (Å²) in [5.74, 6) is 1.83. The molecule has 114 valence electrons. The van der Waals surface area contributed by atoms with Crippen molar-refractivity contribution in [3.8, 4) is 0 Å². The Balaban J connectivity index is 2.34. The zero-order valence-corrected chi connectivity index (χ0v) is 13.4. The number of nitrogens with zero attached hydrogens (tertiary/aromatic N) is 2. The van der Waals surface area contributed by atoms with Crippen molar-refractivity contribution < 1.29 is 0 Å². The van der Waals surface area contributed by atoms with Crippen molar-refractivity contribution in [2.75, 3.05) is 0 Å². The summed E-state index contributed by atoms with van der Waals surface area (Å²) in [5.41, 5.74) is 7.95. The molecule has 2 aromatic rings. The fourth-order valence-electron chi connectivity index (χ4n) is 3.03. The molecule has 0 aliphatic heterocycles. The van der Waals surface area contributed by atoms with Gasteiger partial charge in [-0.1, -0.05) is 57.5 Å². The van der Waals surface area contributed by atoms with Gasteiger partial charge in [0, 0.05) is 24.9 Å². The molecule has 0 fully saturated rings. The van der Waals surface area contributed by atoms with E-state index in [1.54, 1.807) is 0 Å². The first kappa shape index (κ1) is 15.8. The molecule has 0 saturated carbocycles. The maximum absolute atomic E-state index is 6.64. The van der Waals surface area contributed by atoms with Gasteiger partial charge in [-0.15, -0.1) is 0 Å². The molecule has 3 nitrogen and oxygen atoms in total. The number of nitrogens with two attached hydrogens (primary N) is 1. The monoisotopic (exact) mass is 285 g/mol. The molecule has 1 aromatic heterocycles. The van der Waals surface area contributed by atoms with E-state index in [0.29, 0.717) is 11.8 Å². The lowest BCUT2D eigenvalue weighted by Gasteiger charge is -2.29. The highest BCUT2D eigenvalue weighted by Gasteiger charge is 2.28. The zero-order chi connectivity index (χ0) is 15.2. The lowest BCUT2D eigenvalue weighted by atomic mass is 9.80. The lowest BCUT2D eigenvalue weighted by molar-refractivity contribution is 0.370. The number of aromatic nitrogens is 2. The highest BCUT2D eigenvalue weighted by Crippen LogP contribution is 2.36. The molecule has 3 atom stereocenters. The minimum Gasteiger partial charge on any atom is -0.334 e. The van der Waals surface area contributed by atoms with Gasteiger partial charge in [0.05, 0.1) is 6.04 Å². The van der Waals surface area contributed by atoms with Gasteiger partial charge in [0.1, 0.15) is 5.82 Å². The molecule has 0 bridgehead atoms. The van der Waals surface area contributed by atoms with Crippen LogP contribution in [0.2, 0.25) is 0 Å². The van der Waals surface area contributed by atoms with Gasteiger partial charge in [-0.3, -0.25) is 0 Å². The van der Waals surface area contributed by atoms with Crippen LogP contribution in [0, 0.1) is 5.92 Å². The van der Waals surface area contributed by atoms with Crippen molar-refractivity contribution in [3.63, 3.8) is 0 Å². The van der Waals surface area contributed by atoms with E-state index in [2.05, 4.69) is 60.7 Å². The molecule has 21 heavy (non-hydrogen) atoms. The third-order valence-corrected chi connectivity index (χ3v) is 4.34. The number of imidazole rings is 1. The van der Waals surface area contributed by atoms with E-state index in [4.69, 9.17) is 5.73 Å². The molecule has 2 rings (SSSR count). The molecular weight excluding hydrogens is 258 g/mol. The van der Waals surface area contributed by atoms with Crippen molar-refractivity contribution in [3.05, 3.63) is 54.1 Å². The van der Waals surface area contributed by atoms with Crippen LogP contribution < -0.4 is 5.73 Å².